The molecule has 0 unspecified atom stereocenters. The fourth-order valence-corrected chi connectivity index (χ4v) is 1.33. The maximum absolute atomic E-state index is 5.28. The van der Waals surface area contributed by atoms with Crippen LogP contribution in [0.1, 0.15) is 6.92 Å². The van der Waals surface area contributed by atoms with Crippen LogP contribution in [0.4, 0.5) is 0 Å². The van der Waals surface area contributed by atoms with Crippen LogP contribution in [0.3, 0.4) is 0 Å². The van der Waals surface area contributed by atoms with Crippen molar-refractivity contribution in [2.24, 2.45) is 4.99 Å². The Morgan fingerprint density at radius 1 is 1.40 bits per heavy atom. The Kier molecular flexibility index (Phi) is 4.90. The van der Waals surface area contributed by atoms with Gasteiger partial charge in [-0.15, -0.1) is 0 Å². The summed E-state index contributed by atoms with van der Waals surface area (Å²) in [5.41, 5.74) is 1.10. The number of ether oxygens (including phenoxy) is 1. The van der Waals surface area contributed by atoms with Crippen LogP contribution in [0.25, 0.3) is 0 Å². The standard InChI is InChI=1S/C11H19N3O/c1-10(12-2)4-5-11(13-3)14-6-8-15-9-7-14/h4-5,12H,3,6-9H2,1-2H3/b10-4+,11-5+. The van der Waals surface area contributed by atoms with E-state index < -0.39 is 0 Å². The average molecular weight is 209 g/mol. The Balaban J connectivity index is 2.64. The van der Waals surface area contributed by atoms with Gasteiger partial charge in [-0.1, -0.05) is 0 Å². The molecule has 1 aliphatic rings. The van der Waals surface area contributed by atoms with Crippen molar-refractivity contribution < 1.29 is 4.74 Å². The minimum absolute atomic E-state index is 0.765. The molecule has 1 rings (SSSR count). The smallest absolute Gasteiger partial charge is 0.127 e. The molecule has 4 heteroatoms. The SMILES string of the molecule is C=N/C(=C\C=C(/C)NC)N1CCOCC1. The van der Waals surface area contributed by atoms with Crippen LogP contribution in [0, 0.1) is 0 Å². The van der Waals surface area contributed by atoms with E-state index >= 15 is 0 Å². The van der Waals surface area contributed by atoms with Crippen molar-refractivity contribution in [3.05, 3.63) is 23.7 Å². The zero-order chi connectivity index (χ0) is 11.1. The lowest BCUT2D eigenvalue weighted by Gasteiger charge is -2.28. The zero-order valence-electron chi connectivity index (χ0n) is 9.49. The minimum Gasteiger partial charge on any atom is -0.392 e. The van der Waals surface area contributed by atoms with Gasteiger partial charge < -0.3 is 15.0 Å². The van der Waals surface area contributed by atoms with Gasteiger partial charge in [0, 0.05) is 25.8 Å². The molecule has 4 nitrogen and oxygen atoms in total. The van der Waals surface area contributed by atoms with Gasteiger partial charge in [0.1, 0.15) is 5.82 Å². The van der Waals surface area contributed by atoms with Gasteiger partial charge >= 0.3 is 0 Å². The summed E-state index contributed by atoms with van der Waals surface area (Å²) in [7, 11) is 1.90. The lowest BCUT2D eigenvalue weighted by atomic mass is 10.3. The van der Waals surface area contributed by atoms with Gasteiger partial charge in [0.2, 0.25) is 0 Å². The summed E-state index contributed by atoms with van der Waals surface area (Å²) >= 11 is 0. The van der Waals surface area contributed by atoms with Crippen molar-refractivity contribution in [3.63, 3.8) is 0 Å². The molecule has 1 aliphatic heterocycles. The molecule has 0 aromatic heterocycles. The maximum atomic E-state index is 5.28. The average Bonchev–Trinajstić information content (AvgIpc) is 2.31. The second kappa shape index (κ2) is 6.24. The number of hydrogen-bond acceptors (Lipinski definition) is 4. The van der Waals surface area contributed by atoms with Gasteiger partial charge in [-0.25, -0.2) is 4.99 Å². The molecule has 0 saturated carbocycles. The van der Waals surface area contributed by atoms with Gasteiger partial charge in [0.25, 0.3) is 0 Å². The number of nitrogens with zero attached hydrogens (tertiary/aromatic N) is 2. The van der Waals surface area contributed by atoms with E-state index in [2.05, 4.69) is 21.9 Å². The molecule has 1 fully saturated rings. The summed E-state index contributed by atoms with van der Waals surface area (Å²) in [4.78, 5) is 6.20. The highest BCUT2D eigenvalue weighted by Crippen LogP contribution is 2.08. The normalized spacial score (nSPS) is 18.9. The monoisotopic (exact) mass is 209 g/mol. The van der Waals surface area contributed by atoms with Gasteiger partial charge in [-0.05, 0) is 25.8 Å². The summed E-state index contributed by atoms with van der Waals surface area (Å²) in [5.74, 6) is 0.910. The molecule has 0 bridgehead atoms. The summed E-state index contributed by atoms with van der Waals surface area (Å²) in [5, 5.41) is 3.06. The summed E-state index contributed by atoms with van der Waals surface area (Å²) < 4.78 is 5.28. The van der Waals surface area contributed by atoms with Gasteiger partial charge in [-0.2, -0.15) is 0 Å². The maximum Gasteiger partial charge on any atom is 0.127 e. The third-order valence-corrected chi connectivity index (χ3v) is 2.37. The third kappa shape index (κ3) is 3.75. The molecule has 0 amide bonds. The van der Waals surface area contributed by atoms with Crippen LogP contribution >= 0.6 is 0 Å². The van der Waals surface area contributed by atoms with Crippen LogP contribution in [-0.4, -0.2) is 45.0 Å². The Morgan fingerprint density at radius 2 is 2.07 bits per heavy atom. The molecular formula is C11H19N3O. The minimum atomic E-state index is 0.765. The molecule has 84 valence electrons. The largest absolute Gasteiger partial charge is 0.392 e. The van der Waals surface area contributed by atoms with Crippen molar-refractivity contribution in [3.8, 4) is 0 Å². The second-order valence-electron chi connectivity index (χ2n) is 3.38. The first-order chi connectivity index (χ1) is 7.27. The number of rotatable bonds is 4. The Hall–Kier alpha value is -1.29. The van der Waals surface area contributed by atoms with E-state index in [1.54, 1.807) is 0 Å². The van der Waals surface area contributed by atoms with Crippen molar-refractivity contribution >= 4 is 6.72 Å². The van der Waals surface area contributed by atoms with Crippen LogP contribution in [0.5, 0.6) is 0 Å². The fraction of sp³-hybridized carbons (Fsp3) is 0.545. The zero-order valence-corrected chi connectivity index (χ0v) is 9.49. The van der Waals surface area contributed by atoms with Crippen molar-refractivity contribution in [2.45, 2.75) is 6.92 Å². The van der Waals surface area contributed by atoms with Crippen molar-refractivity contribution in [1.82, 2.24) is 10.2 Å². The first-order valence-corrected chi connectivity index (χ1v) is 5.13. The first-order valence-electron chi connectivity index (χ1n) is 5.13. The summed E-state index contributed by atoms with van der Waals surface area (Å²) in [6.07, 6.45) is 3.98. The Morgan fingerprint density at radius 3 is 2.60 bits per heavy atom. The Bertz CT molecular complexity index is 265. The van der Waals surface area contributed by atoms with E-state index in [1.165, 1.54) is 0 Å². The topological polar surface area (TPSA) is 36.9 Å². The molecule has 0 radical (unpaired) electrons. The van der Waals surface area contributed by atoms with Gasteiger partial charge in [-0.3, -0.25) is 0 Å². The van der Waals surface area contributed by atoms with E-state index in [-0.39, 0.29) is 0 Å². The Labute approximate surface area is 91.3 Å². The molecule has 0 aromatic rings. The van der Waals surface area contributed by atoms with E-state index in [0.717, 1.165) is 37.8 Å². The van der Waals surface area contributed by atoms with E-state index in [9.17, 15) is 0 Å². The summed E-state index contributed by atoms with van der Waals surface area (Å²) in [6.45, 7) is 8.90. The molecule has 0 aliphatic carbocycles. The number of hydrogen-bond donors (Lipinski definition) is 1. The third-order valence-electron chi connectivity index (χ3n) is 2.37. The van der Waals surface area contributed by atoms with E-state index in [4.69, 9.17) is 4.74 Å². The van der Waals surface area contributed by atoms with Crippen LogP contribution in [-0.2, 0) is 4.74 Å². The molecule has 1 saturated heterocycles. The number of morpholine rings is 1. The predicted octanol–water partition coefficient (Wildman–Crippen LogP) is 0.984. The van der Waals surface area contributed by atoms with E-state index in [0.29, 0.717) is 0 Å². The van der Waals surface area contributed by atoms with Crippen LogP contribution < -0.4 is 5.32 Å². The number of aliphatic imine (C=N–C) groups is 1. The van der Waals surface area contributed by atoms with Crippen LogP contribution in [0.2, 0.25) is 0 Å². The van der Waals surface area contributed by atoms with Crippen molar-refractivity contribution in [2.75, 3.05) is 33.4 Å². The first kappa shape index (κ1) is 11.8. The highest BCUT2D eigenvalue weighted by Gasteiger charge is 2.11. The highest BCUT2D eigenvalue weighted by atomic mass is 16.5. The molecule has 1 heterocycles. The molecule has 0 spiro atoms. The number of nitrogens with one attached hydrogen (secondary N) is 1. The highest BCUT2D eigenvalue weighted by molar-refractivity contribution is 5.30. The lowest BCUT2D eigenvalue weighted by molar-refractivity contribution is 0.0532. The predicted molar refractivity (Wildman–Crippen MR) is 62.8 cm³/mol. The molecule has 15 heavy (non-hydrogen) atoms. The second-order valence-corrected chi connectivity index (χ2v) is 3.38. The molecular weight excluding hydrogens is 190 g/mol. The van der Waals surface area contributed by atoms with Crippen molar-refractivity contribution in [1.29, 1.82) is 0 Å². The number of allylic oxidation sites excluding steroid dienone is 3. The van der Waals surface area contributed by atoms with E-state index in [1.807, 2.05) is 26.1 Å². The molecule has 1 N–H and O–H groups in total. The van der Waals surface area contributed by atoms with Gasteiger partial charge in [0.05, 0.1) is 13.2 Å². The fourth-order valence-electron chi connectivity index (χ4n) is 1.33. The molecule has 0 aromatic carbocycles. The lowest BCUT2D eigenvalue weighted by Crippen LogP contribution is -2.35. The van der Waals surface area contributed by atoms with Gasteiger partial charge in [0.15, 0.2) is 0 Å². The summed E-state index contributed by atoms with van der Waals surface area (Å²) in [6, 6.07) is 0. The quantitative estimate of drug-likeness (QED) is 0.554. The molecule has 0 atom stereocenters. The van der Waals surface area contributed by atoms with Crippen LogP contribution in [0.15, 0.2) is 28.7 Å².